The van der Waals surface area contributed by atoms with Crippen LogP contribution in [0.5, 0.6) is 5.75 Å². The molecule has 11 heteroatoms. The number of fused-ring (bicyclic) bond motifs is 3. The summed E-state index contributed by atoms with van der Waals surface area (Å²) in [7, 11) is -0.822. The summed E-state index contributed by atoms with van der Waals surface area (Å²) in [5, 5.41) is -0.0946. The van der Waals surface area contributed by atoms with Crippen LogP contribution in [0.4, 0.5) is 5.69 Å². The Labute approximate surface area is 284 Å². The number of allylic oxidation sites excluding steroid dienone is 1. The van der Waals surface area contributed by atoms with Crippen molar-refractivity contribution in [2.24, 2.45) is 11.8 Å². The average molecular weight is 687 g/mol. The number of carbonyl (C=O) groups excluding carboxylic acids is 2. The van der Waals surface area contributed by atoms with E-state index < -0.39 is 26.8 Å². The highest BCUT2D eigenvalue weighted by Gasteiger charge is 2.49. The first kappa shape index (κ1) is 35.4. The van der Waals surface area contributed by atoms with Gasteiger partial charge in [0, 0.05) is 55.8 Å². The molecule has 256 valence electrons. The summed E-state index contributed by atoms with van der Waals surface area (Å²) in [6, 6.07) is 11.2. The third-order valence-corrected chi connectivity index (χ3v) is 12.4. The Morgan fingerprint density at radius 2 is 2.04 bits per heavy atom. The van der Waals surface area contributed by atoms with E-state index in [-0.39, 0.29) is 35.8 Å². The van der Waals surface area contributed by atoms with Crippen LogP contribution in [-0.2, 0) is 36.1 Å². The largest absolute Gasteiger partial charge is 0.490 e. The highest BCUT2D eigenvalue weighted by Crippen LogP contribution is 2.48. The molecule has 2 aromatic rings. The molecule has 0 radical (unpaired) electrons. The lowest BCUT2D eigenvalue weighted by atomic mass is 9.64. The predicted octanol–water partition coefficient (Wildman–Crippen LogP) is 5.87. The molecule has 5 atom stereocenters. The minimum atomic E-state index is -3.92. The zero-order valence-electron chi connectivity index (χ0n) is 27.8. The molecule has 1 amide bonds. The summed E-state index contributed by atoms with van der Waals surface area (Å²) < 4.78 is 45.6. The summed E-state index contributed by atoms with van der Waals surface area (Å²) in [5.74, 6) is 0.0571. The van der Waals surface area contributed by atoms with Gasteiger partial charge in [-0.05, 0) is 105 Å². The Balaban J connectivity index is 1.51. The molecule has 1 aliphatic heterocycles. The van der Waals surface area contributed by atoms with E-state index in [2.05, 4.69) is 21.8 Å². The van der Waals surface area contributed by atoms with E-state index in [9.17, 15) is 18.0 Å². The molecule has 1 heterocycles. The molecule has 1 N–H and O–H groups in total. The van der Waals surface area contributed by atoms with Crippen LogP contribution in [0.2, 0.25) is 5.02 Å². The van der Waals surface area contributed by atoms with Crippen LogP contribution in [0.1, 0.15) is 73.9 Å². The molecule has 5 rings (SSSR count). The van der Waals surface area contributed by atoms with Gasteiger partial charge in [-0.2, -0.15) is 0 Å². The van der Waals surface area contributed by atoms with Crippen molar-refractivity contribution in [3.8, 4) is 5.75 Å². The molecular weight excluding hydrogens is 640 g/mol. The number of nitrogens with zero attached hydrogens (tertiary/aromatic N) is 1. The monoisotopic (exact) mass is 686 g/mol. The fourth-order valence-electron chi connectivity index (χ4n) is 7.47. The zero-order chi connectivity index (χ0) is 33.8. The number of rotatable bonds is 13. The van der Waals surface area contributed by atoms with Gasteiger partial charge in [0.2, 0.25) is 10.0 Å². The number of anilines is 1. The van der Waals surface area contributed by atoms with Crippen molar-refractivity contribution in [3.63, 3.8) is 0 Å². The fraction of sp³-hybridized carbons (Fsp3) is 0.556. The number of aryl methyl sites for hydroxylation is 1. The second-order valence-electron chi connectivity index (χ2n) is 13.3. The smallest absolute Gasteiger partial charge is 0.264 e. The van der Waals surface area contributed by atoms with Crippen LogP contribution in [-0.4, -0.2) is 72.0 Å². The lowest BCUT2D eigenvalue weighted by molar-refractivity contribution is -0.135. The van der Waals surface area contributed by atoms with Gasteiger partial charge in [-0.15, -0.1) is 0 Å². The van der Waals surface area contributed by atoms with E-state index in [1.165, 1.54) is 18.2 Å². The number of methoxy groups -OCH3 is 2. The number of benzene rings is 2. The van der Waals surface area contributed by atoms with Crippen molar-refractivity contribution in [2.75, 3.05) is 45.4 Å². The quantitative estimate of drug-likeness (QED) is 0.206. The minimum absolute atomic E-state index is 0.0148. The van der Waals surface area contributed by atoms with Crippen LogP contribution in [0.25, 0.3) is 0 Å². The zero-order valence-corrected chi connectivity index (χ0v) is 29.4. The summed E-state index contributed by atoms with van der Waals surface area (Å²) in [6.07, 6.45) is 10.5. The maximum Gasteiger partial charge on any atom is 0.264 e. The van der Waals surface area contributed by atoms with Crippen LogP contribution < -0.4 is 14.4 Å². The van der Waals surface area contributed by atoms with Crippen molar-refractivity contribution in [1.29, 1.82) is 0 Å². The van der Waals surface area contributed by atoms with Crippen LogP contribution in [0.3, 0.4) is 0 Å². The molecule has 0 saturated heterocycles. The van der Waals surface area contributed by atoms with E-state index >= 15 is 0 Å². The maximum absolute atomic E-state index is 13.4. The number of sulfonamides is 1. The topological polar surface area (TPSA) is 111 Å². The first-order valence-electron chi connectivity index (χ1n) is 16.6. The molecule has 1 fully saturated rings. The van der Waals surface area contributed by atoms with Crippen LogP contribution >= 0.6 is 11.6 Å². The van der Waals surface area contributed by atoms with Crippen molar-refractivity contribution in [3.05, 3.63) is 70.3 Å². The summed E-state index contributed by atoms with van der Waals surface area (Å²) in [4.78, 5) is 28.2. The average Bonchev–Trinajstić information content (AvgIpc) is 3.20. The standard InChI is InChI=1S/C36H47ClN2O7S/c1-5-6-17-36(23-40,45-4)31-12-9-28(31)21-39-22-35(16-7-8-26-19-29(37)11-13-30(26)35)24-46-33-14-10-27(20-32(33)39)34(41)38-47(42,43)25(2)15-18-44-3/h6,10-11,13-14,17,19-20,23,25,28,31H,5,7-9,12,15-16,18,21-22,24H2,1-4H3,(H,38,41)/b17-6+/t25-,28-,31+,35-,36-/m0/s1. The number of nitrogens with one attached hydrogen (secondary N) is 1. The summed E-state index contributed by atoms with van der Waals surface area (Å²) in [6.45, 7) is 5.54. The van der Waals surface area contributed by atoms with Gasteiger partial charge in [0.25, 0.3) is 5.91 Å². The van der Waals surface area contributed by atoms with Gasteiger partial charge in [0.15, 0.2) is 6.29 Å². The summed E-state index contributed by atoms with van der Waals surface area (Å²) >= 11 is 6.42. The Bertz CT molecular complexity index is 1600. The normalized spacial score (nSPS) is 24.3. The highest BCUT2D eigenvalue weighted by molar-refractivity contribution is 7.90. The van der Waals surface area contributed by atoms with E-state index in [1.807, 2.05) is 25.1 Å². The summed E-state index contributed by atoms with van der Waals surface area (Å²) in [5.41, 5.74) is 2.05. The number of aldehydes is 1. The Morgan fingerprint density at radius 3 is 2.72 bits per heavy atom. The molecule has 9 nitrogen and oxygen atoms in total. The molecule has 47 heavy (non-hydrogen) atoms. The van der Waals surface area contributed by atoms with E-state index in [1.54, 1.807) is 32.2 Å². The molecule has 1 spiro atoms. The molecule has 3 aliphatic rings. The molecule has 1 saturated carbocycles. The first-order chi connectivity index (χ1) is 22.5. The number of hydrogen-bond acceptors (Lipinski definition) is 8. The second-order valence-corrected chi connectivity index (χ2v) is 15.8. The number of amides is 1. The third-order valence-electron chi connectivity index (χ3n) is 10.4. The van der Waals surface area contributed by atoms with Crippen LogP contribution in [0.15, 0.2) is 48.6 Å². The van der Waals surface area contributed by atoms with Gasteiger partial charge < -0.3 is 19.1 Å². The van der Waals surface area contributed by atoms with E-state index in [0.29, 0.717) is 30.5 Å². The molecular formula is C36H47ClN2O7S. The third kappa shape index (κ3) is 7.26. The van der Waals surface area contributed by atoms with Crippen molar-refractivity contribution in [2.45, 2.75) is 75.1 Å². The van der Waals surface area contributed by atoms with Gasteiger partial charge in [-0.1, -0.05) is 30.7 Å². The van der Waals surface area contributed by atoms with Gasteiger partial charge in [-0.3, -0.25) is 9.59 Å². The Kier molecular flexibility index (Phi) is 11.1. The predicted molar refractivity (Wildman–Crippen MR) is 184 cm³/mol. The maximum atomic E-state index is 13.4. The fourth-order valence-corrected chi connectivity index (χ4v) is 8.65. The van der Waals surface area contributed by atoms with Gasteiger partial charge in [0.05, 0.1) is 17.5 Å². The van der Waals surface area contributed by atoms with E-state index in [4.69, 9.17) is 25.8 Å². The van der Waals surface area contributed by atoms with Crippen molar-refractivity contribution >= 4 is 39.5 Å². The molecule has 0 bridgehead atoms. The second kappa shape index (κ2) is 14.7. The molecule has 2 aliphatic carbocycles. The van der Waals surface area contributed by atoms with Crippen LogP contribution in [0, 0.1) is 11.8 Å². The molecule has 2 aromatic carbocycles. The van der Waals surface area contributed by atoms with Gasteiger partial charge >= 0.3 is 0 Å². The number of carbonyl (C=O) groups is 2. The van der Waals surface area contributed by atoms with Gasteiger partial charge in [-0.25, -0.2) is 13.1 Å². The molecule has 0 unspecified atom stereocenters. The lowest BCUT2D eigenvalue weighted by Gasteiger charge is -2.48. The molecule has 0 aromatic heterocycles. The number of hydrogen-bond donors (Lipinski definition) is 1. The lowest BCUT2D eigenvalue weighted by Crippen LogP contribution is -2.53. The van der Waals surface area contributed by atoms with Gasteiger partial charge in [0.1, 0.15) is 11.4 Å². The number of halogens is 1. The Morgan fingerprint density at radius 1 is 1.23 bits per heavy atom. The highest BCUT2D eigenvalue weighted by atomic mass is 35.5. The van der Waals surface area contributed by atoms with Crippen molar-refractivity contribution < 1.29 is 32.2 Å². The SMILES string of the molecule is CC/C=C/[C@@](C=O)(OC)[C@@H]1CC[C@H]1CN1C[C@@]2(CCCc3cc(Cl)ccc32)COc2ccc(C(=O)NS(=O)(=O)[C@@H](C)CCOC)cc21. The Hall–Kier alpha value is -2.92. The van der Waals surface area contributed by atoms with E-state index in [0.717, 1.165) is 50.5 Å². The van der Waals surface area contributed by atoms with Crippen molar-refractivity contribution in [1.82, 2.24) is 4.72 Å². The minimum Gasteiger partial charge on any atom is -0.490 e. The number of ether oxygens (including phenoxy) is 3. The first-order valence-corrected chi connectivity index (χ1v) is 18.5.